The number of pyridine rings is 1. The van der Waals surface area contributed by atoms with Crippen molar-refractivity contribution in [2.24, 2.45) is 0 Å². The zero-order chi connectivity index (χ0) is 19.7. The predicted octanol–water partition coefficient (Wildman–Crippen LogP) is 4.25. The lowest BCUT2D eigenvalue weighted by molar-refractivity contribution is -0.141. The topological polar surface area (TPSA) is 58.2 Å². The molecular weight excluding hydrogens is 371 g/mol. The molecule has 0 spiro atoms. The minimum absolute atomic E-state index is 0.0431. The third-order valence-corrected chi connectivity index (χ3v) is 5.75. The molecule has 0 unspecified atom stereocenters. The Morgan fingerprint density at radius 1 is 1.21 bits per heavy atom. The van der Waals surface area contributed by atoms with Crippen molar-refractivity contribution in [1.82, 2.24) is 14.9 Å². The zero-order valence-corrected chi connectivity index (χ0v) is 15.6. The largest absolute Gasteiger partial charge is 0.433 e. The Hall–Kier alpha value is -2.09. The number of amides is 1. The second kappa shape index (κ2) is 7.73. The zero-order valence-electron chi connectivity index (χ0n) is 15.6. The molecular formula is C20H24F3N3O2. The summed E-state index contributed by atoms with van der Waals surface area (Å²) < 4.78 is 44.2. The molecule has 4 heterocycles. The van der Waals surface area contributed by atoms with Gasteiger partial charge in [-0.15, -0.1) is 0 Å². The van der Waals surface area contributed by atoms with Gasteiger partial charge in [0.1, 0.15) is 5.69 Å². The molecule has 1 N–H and O–H groups in total. The molecule has 5 nitrogen and oxygen atoms in total. The van der Waals surface area contributed by atoms with Crippen LogP contribution in [0.4, 0.5) is 13.2 Å². The first kappa shape index (κ1) is 19.2. The summed E-state index contributed by atoms with van der Waals surface area (Å²) in [7, 11) is 0. The van der Waals surface area contributed by atoms with Gasteiger partial charge < -0.3 is 14.6 Å². The van der Waals surface area contributed by atoms with Crippen molar-refractivity contribution in [2.75, 3.05) is 19.7 Å². The smallest absolute Gasteiger partial charge is 0.378 e. The first-order chi connectivity index (χ1) is 13.4. The SMILES string of the molecule is O=C(C[C@@H]1CCCCO1)N1CCC(c2cc3nc(C(F)(F)F)ccc3[nH]2)CC1. The van der Waals surface area contributed by atoms with E-state index in [0.717, 1.165) is 50.5 Å². The standard InChI is InChI=1S/C20H24F3N3O2/c21-20(22,23)18-5-4-15-17(25-18)12-16(24-15)13-6-8-26(9-7-13)19(27)11-14-3-1-2-10-28-14/h4-5,12-14,24H,1-3,6-11H2/t14-/m0/s1. The second-order valence-electron chi connectivity index (χ2n) is 7.70. The van der Waals surface area contributed by atoms with E-state index in [-0.39, 0.29) is 17.9 Å². The number of carbonyl (C=O) groups excluding carboxylic acids is 1. The number of hydrogen-bond acceptors (Lipinski definition) is 3. The van der Waals surface area contributed by atoms with Crippen LogP contribution < -0.4 is 0 Å². The summed E-state index contributed by atoms with van der Waals surface area (Å²) >= 11 is 0. The molecule has 1 atom stereocenters. The second-order valence-corrected chi connectivity index (χ2v) is 7.70. The molecule has 2 aromatic heterocycles. The molecule has 152 valence electrons. The molecule has 2 aliphatic heterocycles. The number of nitrogens with zero attached hydrogens (tertiary/aromatic N) is 2. The quantitative estimate of drug-likeness (QED) is 0.845. The van der Waals surface area contributed by atoms with Crippen molar-refractivity contribution in [3.8, 4) is 0 Å². The molecule has 0 radical (unpaired) electrons. The van der Waals surface area contributed by atoms with Crippen molar-refractivity contribution >= 4 is 16.9 Å². The highest BCUT2D eigenvalue weighted by atomic mass is 19.4. The predicted molar refractivity (Wildman–Crippen MR) is 97.9 cm³/mol. The van der Waals surface area contributed by atoms with E-state index >= 15 is 0 Å². The minimum atomic E-state index is -4.45. The van der Waals surface area contributed by atoms with E-state index in [0.29, 0.717) is 30.5 Å². The van der Waals surface area contributed by atoms with E-state index in [1.165, 1.54) is 6.07 Å². The fourth-order valence-corrected chi connectivity index (χ4v) is 4.14. The molecule has 28 heavy (non-hydrogen) atoms. The Balaban J connectivity index is 1.37. The van der Waals surface area contributed by atoms with Gasteiger partial charge in [0, 0.05) is 31.3 Å². The molecule has 8 heteroatoms. The van der Waals surface area contributed by atoms with Crippen LogP contribution in [-0.4, -0.2) is 46.6 Å². The van der Waals surface area contributed by atoms with Crippen LogP contribution in [0.1, 0.15) is 55.8 Å². The number of aromatic nitrogens is 2. The van der Waals surface area contributed by atoms with Gasteiger partial charge in [0.15, 0.2) is 0 Å². The molecule has 4 rings (SSSR count). The third kappa shape index (κ3) is 4.16. The lowest BCUT2D eigenvalue weighted by Crippen LogP contribution is -2.40. The Bertz CT molecular complexity index is 835. The van der Waals surface area contributed by atoms with Crippen LogP contribution in [0.5, 0.6) is 0 Å². The first-order valence-corrected chi connectivity index (χ1v) is 9.86. The normalized spacial score (nSPS) is 22.0. The van der Waals surface area contributed by atoms with E-state index in [4.69, 9.17) is 4.74 Å². The van der Waals surface area contributed by atoms with Crippen LogP contribution in [0.15, 0.2) is 18.2 Å². The van der Waals surface area contributed by atoms with Crippen LogP contribution in [-0.2, 0) is 15.7 Å². The van der Waals surface area contributed by atoms with E-state index in [1.54, 1.807) is 6.07 Å². The highest BCUT2D eigenvalue weighted by Crippen LogP contribution is 2.32. The van der Waals surface area contributed by atoms with Gasteiger partial charge in [0.05, 0.1) is 23.6 Å². The summed E-state index contributed by atoms with van der Waals surface area (Å²) in [6.07, 6.45) is 0.753. The lowest BCUT2D eigenvalue weighted by atomic mass is 9.93. The van der Waals surface area contributed by atoms with Crippen LogP contribution >= 0.6 is 0 Å². The molecule has 1 amide bonds. The third-order valence-electron chi connectivity index (χ3n) is 5.75. The summed E-state index contributed by atoms with van der Waals surface area (Å²) in [5.74, 6) is 0.331. The Kier molecular flexibility index (Phi) is 5.31. The van der Waals surface area contributed by atoms with Crippen molar-refractivity contribution in [1.29, 1.82) is 0 Å². The summed E-state index contributed by atoms with van der Waals surface area (Å²) in [6.45, 7) is 2.06. The number of alkyl halides is 3. The van der Waals surface area contributed by atoms with Gasteiger partial charge in [-0.3, -0.25) is 4.79 Å². The number of fused-ring (bicyclic) bond motifs is 1. The van der Waals surface area contributed by atoms with Crippen molar-refractivity contribution in [2.45, 2.75) is 56.7 Å². The van der Waals surface area contributed by atoms with Gasteiger partial charge >= 0.3 is 6.18 Å². The van der Waals surface area contributed by atoms with Crippen LogP contribution in [0, 0.1) is 0 Å². The van der Waals surface area contributed by atoms with Gasteiger partial charge in [-0.2, -0.15) is 13.2 Å². The molecule has 2 aromatic rings. The van der Waals surface area contributed by atoms with E-state index < -0.39 is 11.9 Å². The summed E-state index contributed by atoms with van der Waals surface area (Å²) in [6, 6.07) is 4.14. The van der Waals surface area contributed by atoms with Crippen LogP contribution in [0.2, 0.25) is 0 Å². The molecule has 0 aromatic carbocycles. The molecule has 2 aliphatic rings. The maximum absolute atomic E-state index is 12.8. The van der Waals surface area contributed by atoms with Crippen molar-refractivity contribution in [3.63, 3.8) is 0 Å². The van der Waals surface area contributed by atoms with E-state index in [9.17, 15) is 18.0 Å². The Morgan fingerprint density at radius 3 is 2.68 bits per heavy atom. The van der Waals surface area contributed by atoms with E-state index in [1.807, 2.05) is 4.90 Å². The summed E-state index contributed by atoms with van der Waals surface area (Å²) in [5.41, 5.74) is 0.953. The number of likely N-dealkylation sites (tertiary alicyclic amines) is 1. The fraction of sp³-hybridized carbons (Fsp3) is 0.600. The van der Waals surface area contributed by atoms with Crippen molar-refractivity contribution in [3.05, 3.63) is 29.6 Å². The number of hydrogen-bond donors (Lipinski definition) is 1. The Labute approximate surface area is 161 Å². The average Bonchev–Trinajstić information content (AvgIpc) is 3.11. The average molecular weight is 395 g/mol. The minimum Gasteiger partial charge on any atom is -0.378 e. The number of H-pyrrole nitrogens is 1. The highest BCUT2D eigenvalue weighted by Gasteiger charge is 2.33. The number of rotatable bonds is 3. The van der Waals surface area contributed by atoms with Crippen LogP contribution in [0.3, 0.4) is 0 Å². The lowest BCUT2D eigenvalue weighted by Gasteiger charge is -2.33. The summed E-state index contributed by atoms with van der Waals surface area (Å²) in [5, 5.41) is 0. The molecule has 2 saturated heterocycles. The number of piperidine rings is 1. The monoisotopic (exact) mass is 395 g/mol. The number of aromatic amines is 1. The first-order valence-electron chi connectivity index (χ1n) is 9.86. The fourth-order valence-electron chi connectivity index (χ4n) is 4.14. The molecule has 0 saturated carbocycles. The molecule has 2 fully saturated rings. The van der Waals surface area contributed by atoms with Crippen molar-refractivity contribution < 1.29 is 22.7 Å². The van der Waals surface area contributed by atoms with Gasteiger partial charge in [-0.25, -0.2) is 4.98 Å². The molecule has 0 bridgehead atoms. The maximum atomic E-state index is 12.8. The van der Waals surface area contributed by atoms with E-state index in [2.05, 4.69) is 9.97 Å². The summed E-state index contributed by atoms with van der Waals surface area (Å²) in [4.78, 5) is 21.3. The highest BCUT2D eigenvalue weighted by molar-refractivity contribution is 5.77. The number of halogens is 3. The number of carbonyl (C=O) groups is 1. The maximum Gasteiger partial charge on any atom is 0.433 e. The van der Waals surface area contributed by atoms with Gasteiger partial charge in [-0.05, 0) is 50.3 Å². The van der Waals surface area contributed by atoms with Crippen LogP contribution in [0.25, 0.3) is 11.0 Å². The number of nitrogens with one attached hydrogen (secondary N) is 1. The van der Waals surface area contributed by atoms with Gasteiger partial charge in [0.2, 0.25) is 5.91 Å². The molecule has 0 aliphatic carbocycles. The number of ether oxygens (including phenoxy) is 1. The Morgan fingerprint density at radius 2 is 2.00 bits per heavy atom. The van der Waals surface area contributed by atoms with Gasteiger partial charge in [-0.1, -0.05) is 0 Å². The van der Waals surface area contributed by atoms with Gasteiger partial charge in [0.25, 0.3) is 0 Å².